The summed E-state index contributed by atoms with van der Waals surface area (Å²) in [6.45, 7) is -2.99. The van der Waals surface area contributed by atoms with Crippen molar-refractivity contribution in [1.82, 2.24) is 0 Å². The first-order valence-electron chi connectivity index (χ1n) is 6.17. The number of alkyl halides is 2. The minimum absolute atomic E-state index is 0.0214. The van der Waals surface area contributed by atoms with Gasteiger partial charge in [0.2, 0.25) is 0 Å². The summed E-state index contributed by atoms with van der Waals surface area (Å²) in [6, 6.07) is 8.75. The van der Waals surface area contributed by atoms with E-state index in [1.807, 2.05) is 0 Å². The van der Waals surface area contributed by atoms with Gasteiger partial charge in [0, 0.05) is 23.9 Å². The third-order valence-corrected chi connectivity index (χ3v) is 3.05. The van der Waals surface area contributed by atoms with Gasteiger partial charge in [0.15, 0.2) is 0 Å². The minimum Gasteiger partial charge on any atom is -0.435 e. The van der Waals surface area contributed by atoms with Crippen LogP contribution < -0.4 is 10.1 Å². The van der Waals surface area contributed by atoms with Gasteiger partial charge in [0.05, 0.1) is 15.5 Å². The Morgan fingerprint density at radius 1 is 1.26 bits per heavy atom. The summed E-state index contributed by atoms with van der Waals surface area (Å²) in [5, 5.41) is 13.2. The van der Waals surface area contributed by atoms with Crippen molar-refractivity contribution in [3.05, 3.63) is 63.2 Å². The maximum absolute atomic E-state index is 12.2. The molecule has 1 amide bonds. The lowest BCUT2D eigenvalue weighted by Gasteiger charge is -2.09. The van der Waals surface area contributed by atoms with Gasteiger partial charge in [-0.3, -0.25) is 14.9 Å². The zero-order chi connectivity index (χ0) is 17.0. The van der Waals surface area contributed by atoms with Crippen LogP contribution in [0.3, 0.4) is 0 Å². The molecule has 9 heteroatoms. The second-order valence-electron chi connectivity index (χ2n) is 4.28. The first-order valence-corrected chi connectivity index (χ1v) is 6.55. The maximum Gasteiger partial charge on any atom is 0.387 e. The molecular weight excluding hydrogens is 334 g/mol. The molecule has 0 saturated carbocycles. The average Bonchev–Trinajstić information content (AvgIpc) is 2.46. The number of hydrogen-bond acceptors (Lipinski definition) is 4. The van der Waals surface area contributed by atoms with Crippen molar-refractivity contribution < 1.29 is 23.2 Å². The topological polar surface area (TPSA) is 81.5 Å². The largest absolute Gasteiger partial charge is 0.435 e. The Hall–Kier alpha value is -2.74. The number of ether oxygens (including phenoxy) is 1. The van der Waals surface area contributed by atoms with Crippen molar-refractivity contribution in [2.45, 2.75) is 6.61 Å². The quantitative estimate of drug-likeness (QED) is 0.655. The lowest BCUT2D eigenvalue weighted by molar-refractivity contribution is -0.384. The smallest absolute Gasteiger partial charge is 0.387 e. The van der Waals surface area contributed by atoms with Crippen LogP contribution in [0.2, 0.25) is 5.02 Å². The van der Waals surface area contributed by atoms with Gasteiger partial charge >= 0.3 is 6.61 Å². The molecule has 0 aromatic heterocycles. The van der Waals surface area contributed by atoms with E-state index in [0.29, 0.717) is 0 Å². The number of carbonyl (C=O) groups excluding carboxylic acids is 1. The van der Waals surface area contributed by atoms with E-state index in [-0.39, 0.29) is 27.7 Å². The van der Waals surface area contributed by atoms with Crippen molar-refractivity contribution in [1.29, 1.82) is 0 Å². The number of carbonyl (C=O) groups is 1. The van der Waals surface area contributed by atoms with E-state index in [4.69, 9.17) is 11.6 Å². The van der Waals surface area contributed by atoms with Gasteiger partial charge in [0.25, 0.3) is 11.6 Å². The maximum atomic E-state index is 12.2. The predicted molar refractivity (Wildman–Crippen MR) is 79.1 cm³/mol. The Bertz CT molecular complexity index is 755. The van der Waals surface area contributed by atoms with Crippen LogP contribution in [0.4, 0.5) is 20.2 Å². The van der Waals surface area contributed by atoms with E-state index in [2.05, 4.69) is 10.1 Å². The van der Waals surface area contributed by atoms with Crippen LogP contribution in [0, 0.1) is 10.1 Å². The van der Waals surface area contributed by atoms with Crippen LogP contribution in [0.5, 0.6) is 5.75 Å². The van der Waals surface area contributed by atoms with Gasteiger partial charge in [0.1, 0.15) is 5.75 Å². The molecule has 0 heterocycles. The summed E-state index contributed by atoms with van der Waals surface area (Å²) in [6.07, 6.45) is 0. The van der Waals surface area contributed by atoms with Crippen molar-refractivity contribution in [2.75, 3.05) is 5.32 Å². The molecule has 0 saturated heterocycles. The second-order valence-corrected chi connectivity index (χ2v) is 4.69. The fourth-order valence-corrected chi connectivity index (χ4v) is 1.95. The molecule has 0 spiro atoms. The molecular formula is C14H9ClF2N2O4. The molecule has 2 aromatic carbocycles. The number of halogens is 3. The number of nitro groups is 1. The Morgan fingerprint density at radius 3 is 2.65 bits per heavy atom. The fourth-order valence-electron chi connectivity index (χ4n) is 1.75. The standard InChI is InChI=1S/C14H9ClF2N2O4/c15-12-5-4-9(19(21)22)7-11(12)13(20)18-8-2-1-3-10(6-8)23-14(16)17/h1-7,14H,(H,18,20). The summed E-state index contributed by atoms with van der Waals surface area (Å²) in [4.78, 5) is 22.2. The van der Waals surface area contributed by atoms with Crippen molar-refractivity contribution >= 4 is 28.9 Å². The SMILES string of the molecule is O=C(Nc1cccc(OC(F)F)c1)c1cc([N+](=O)[O-])ccc1Cl. The highest BCUT2D eigenvalue weighted by atomic mass is 35.5. The highest BCUT2D eigenvalue weighted by molar-refractivity contribution is 6.34. The van der Waals surface area contributed by atoms with E-state index < -0.39 is 17.4 Å². The summed E-state index contributed by atoms with van der Waals surface area (Å²) < 4.78 is 28.5. The van der Waals surface area contributed by atoms with Crippen LogP contribution in [-0.2, 0) is 0 Å². The van der Waals surface area contributed by atoms with Crippen LogP contribution >= 0.6 is 11.6 Å². The lowest BCUT2D eigenvalue weighted by atomic mass is 10.2. The highest BCUT2D eigenvalue weighted by Crippen LogP contribution is 2.24. The summed E-state index contributed by atoms with van der Waals surface area (Å²) in [5.41, 5.74) is -0.230. The average molecular weight is 343 g/mol. The fraction of sp³-hybridized carbons (Fsp3) is 0.0714. The number of amides is 1. The molecule has 2 rings (SSSR count). The molecule has 6 nitrogen and oxygen atoms in total. The molecule has 0 atom stereocenters. The van der Waals surface area contributed by atoms with Gasteiger partial charge in [-0.05, 0) is 18.2 Å². The molecule has 0 unspecified atom stereocenters. The Morgan fingerprint density at radius 2 is 2.00 bits per heavy atom. The van der Waals surface area contributed by atoms with E-state index in [0.717, 1.165) is 12.1 Å². The van der Waals surface area contributed by atoms with Crippen LogP contribution in [-0.4, -0.2) is 17.4 Å². The second kappa shape index (κ2) is 7.01. The first-order chi connectivity index (χ1) is 10.9. The van der Waals surface area contributed by atoms with Crippen LogP contribution in [0.15, 0.2) is 42.5 Å². The number of nitro benzene ring substituents is 1. The minimum atomic E-state index is -2.99. The normalized spacial score (nSPS) is 10.4. The zero-order valence-electron chi connectivity index (χ0n) is 11.3. The van der Waals surface area contributed by atoms with Gasteiger partial charge in [-0.1, -0.05) is 17.7 Å². The Kier molecular flexibility index (Phi) is 5.07. The highest BCUT2D eigenvalue weighted by Gasteiger charge is 2.16. The molecule has 0 aliphatic carbocycles. The summed E-state index contributed by atoms with van der Waals surface area (Å²) in [5.74, 6) is -0.851. The molecule has 120 valence electrons. The van der Waals surface area contributed by atoms with Gasteiger partial charge in [-0.25, -0.2) is 0 Å². The predicted octanol–water partition coefficient (Wildman–Crippen LogP) is 4.10. The van der Waals surface area contributed by atoms with Crippen molar-refractivity contribution in [3.63, 3.8) is 0 Å². The monoisotopic (exact) mass is 342 g/mol. The third-order valence-electron chi connectivity index (χ3n) is 2.72. The van der Waals surface area contributed by atoms with Crippen molar-refractivity contribution in [2.24, 2.45) is 0 Å². The summed E-state index contributed by atoms with van der Waals surface area (Å²) in [7, 11) is 0. The van der Waals surface area contributed by atoms with Gasteiger partial charge < -0.3 is 10.1 Å². The Labute approximate surface area is 133 Å². The van der Waals surface area contributed by atoms with Crippen LogP contribution in [0.25, 0.3) is 0 Å². The molecule has 0 aliphatic heterocycles. The number of nitrogens with zero attached hydrogens (tertiary/aromatic N) is 1. The van der Waals surface area contributed by atoms with Gasteiger partial charge in [-0.15, -0.1) is 0 Å². The van der Waals surface area contributed by atoms with Crippen molar-refractivity contribution in [3.8, 4) is 5.75 Å². The van der Waals surface area contributed by atoms with Gasteiger partial charge in [-0.2, -0.15) is 8.78 Å². The number of nitrogens with one attached hydrogen (secondary N) is 1. The van der Waals surface area contributed by atoms with E-state index in [1.165, 1.54) is 30.3 Å². The molecule has 0 bridgehead atoms. The molecule has 2 aromatic rings. The molecule has 0 fully saturated rings. The number of rotatable bonds is 5. The first kappa shape index (κ1) is 16.6. The third kappa shape index (κ3) is 4.36. The molecule has 0 aliphatic rings. The lowest BCUT2D eigenvalue weighted by Crippen LogP contribution is -2.13. The number of benzene rings is 2. The van der Waals surface area contributed by atoms with E-state index in [1.54, 1.807) is 0 Å². The zero-order valence-corrected chi connectivity index (χ0v) is 12.1. The Balaban J connectivity index is 2.22. The van der Waals surface area contributed by atoms with Crippen LogP contribution in [0.1, 0.15) is 10.4 Å². The molecule has 23 heavy (non-hydrogen) atoms. The molecule has 1 N–H and O–H groups in total. The number of anilines is 1. The van der Waals surface area contributed by atoms with E-state index >= 15 is 0 Å². The molecule has 0 radical (unpaired) electrons. The number of non-ortho nitro benzene ring substituents is 1. The number of hydrogen-bond donors (Lipinski definition) is 1. The summed E-state index contributed by atoms with van der Waals surface area (Å²) >= 11 is 5.85. The van der Waals surface area contributed by atoms with E-state index in [9.17, 15) is 23.7 Å².